The highest BCUT2D eigenvalue weighted by Gasteiger charge is 2.17. The molecule has 0 bridgehead atoms. The summed E-state index contributed by atoms with van der Waals surface area (Å²) in [6.07, 6.45) is 3.77. The van der Waals surface area contributed by atoms with Crippen LogP contribution >= 0.6 is 0 Å². The Bertz CT molecular complexity index is 871. The van der Waals surface area contributed by atoms with E-state index >= 15 is 0 Å². The van der Waals surface area contributed by atoms with Gasteiger partial charge < -0.3 is 4.98 Å². The largest absolute Gasteiger partial charge is 0.334 e. The molecule has 0 amide bonds. The van der Waals surface area contributed by atoms with Crippen LogP contribution in [0.4, 0.5) is 0 Å². The van der Waals surface area contributed by atoms with Gasteiger partial charge in [-0.25, -0.2) is 19.4 Å². The molecule has 0 spiro atoms. The average molecular weight is 289 g/mol. The number of aromatic amines is 2. The van der Waals surface area contributed by atoms with Crippen LogP contribution in [0.5, 0.6) is 0 Å². The molecule has 21 heavy (non-hydrogen) atoms. The Hall–Kier alpha value is -2.71. The maximum absolute atomic E-state index is 11.9. The fourth-order valence-corrected chi connectivity index (χ4v) is 2.23. The maximum atomic E-state index is 11.9. The van der Waals surface area contributed by atoms with Crippen molar-refractivity contribution in [2.75, 3.05) is 0 Å². The van der Waals surface area contributed by atoms with Crippen LogP contribution in [0.1, 0.15) is 32.1 Å². The van der Waals surface area contributed by atoms with Crippen LogP contribution in [0.15, 0.2) is 22.2 Å². The van der Waals surface area contributed by atoms with Crippen molar-refractivity contribution in [1.29, 1.82) is 0 Å². The molecule has 0 aliphatic rings. The number of hydrogen-bond donors (Lipinski definition) is 2. The van der Waals surface area contributed by atoms with E-state index in [2.05, 4.69) is 25.0 Å². The van der Waals surface area contributed by atoms with Gasteiger partial charge >= 0.3 is 5.69 Å². The number of H-pyrrole nitrogens is 2. The highest BCUT2D eigenvalue weighted by Crippen LogP contribution is 2.15. The van der Waals surface area contributed by atoms with E-state index in [1.54, 1.807) is 11.0 Å². The van der Waals surface area contributed by atoms with Gasteiger partial charge in [-0.2, -0.15) is 5.10 Å². The Kier molecular flexibility index (Phi) is 3.16. The minimum absolute atomic E-state index is 0.218. The molecule has 0 radical (unpaired) electrons. The number of aryl methyl sites for hydroxylation is 1. The predicted octanol–water partition coefficient (Wildman–Crippen LogP) is 0.0237. The highest BCUT2D eigenvalue weighted by molar-refractivity contribution is 5.69. The number of aromatic nitrogens is 7. The molecule has 9 heteroatoms. The van der Waals surface area contributed by atoms with Gasteiger partial charge in [-0.3, -0.25) is 14.3 Å². The minimum atomic E-state index is -0.466. The molecule has 3 aromatic rings. The lowest BCUT2D eigenvalue weighted by Crippen LogP contribution is -2.30. The van der Waals surface area contributed by atoms with Gasteiger partial charge in [0.15, 0.2) is 5.65 Å². The molecule has 3 heterocycles. The lowest BCUT2D eigenvalue weighted by Gasteiger charge is -2.07. The summed E-state index contributed by atoms with van der Waals surface area (Å²) >= 11 is 0. The molecule has 3 rings (SSSR count). The van der Waals surface area contributed by atoms with E-state index in [4.69, 9.17) is 0 Å². The molecule has 0 aromatic carbocycles. The fourth-order valence-electron chi connectivity index (χ4n) is 2.23. The maximum Gasteiger partial charge on any atom is 0.330 e. The number of nitrogens with one attached hydrogen (secondary N) is 2. The summed E-state index contributed by atoms with van der Waals surface area (Å²) in [5.74, 6) is 0.552. The van der Waals surface area contributed by atoms with Gasteiger partial charge in [0, 0.05) is 6.54 Å². The van der Waals surface area contributed by atoms with Gasteiger partial charge in [-0.15, -0.1) is 0 Å². The van der Waals surface area contributed by atoms with Crippen LogP contribution in [-0.2, 0) is 6.54 Å². The quantitative estimate of drug-likeness (QED) is 0.703. The monoisotopic (exact) mass is 289 g/mol. The summed E-state index contributed by atoms with van der Waals surface area (Å²) in [6, 6.07) is -0.218. The van der Waals surface area contributed by atoms with Crippen LogP contribution in [-0.4, -0.2) is 34.3 Å². The molecule has 3 aromatic heterocycles. The van der Waals surface area contributed by atoms with Gasteiger partial charge in [0.1, 0.15) is 30.0 Å². The standard InChI is InChI=1S/C12H15N7O2/c1-3-4-18-10-8(11(20)17-12(18)21)15-9(16-10)7(2)19-6-13-5-14-19/h5-7H,3-4H2,1-2H3,(H,15,16)(H,17,20,21). The van der Waals surface area contributed by atoms with Gasteiger partial charge in [0.25, 0.3) is 5.56 Å². The minimum Gasteiger partial charge on any atom is -0.334 e. The molecule has 2 N–H and O–H groups in total. The zero-order valence-corrected chi connectivity index (χ0v) is 11.7. The van der Waals surface area contributed by atoms with Crippen molar-refractivity contribution in [3.63, 3.8) is 0 Å². The topological polar surface area (TPSA) is 114 Å². The van der Waals surface area contributed by atoms with E-state index in [1.807, 2.05) is 13.8 Å². The van der Waals surface area contributed by atoms with E-state index in [0.29, 0.717) is 23.5 Å². The van der Waals surface area contributed by atoms with Crippen LogP contribution in [0.2, 0.25) is 0 Å². The first kappa shape index (κ1) is 13.3. The molecule has 0 aliphatic heterocycles. The first-order valence-corrected chi connectivity index (χ1v) is 6.68. The van der Waals surface area contributed by atoms with E-state index < -0.39 is 11.2 Å². The van der Waals surface area contributed by atoms with Gasteiger partial charge in [-0.1, -0.05) is 6.92 Å². The molecule has 0 saturated carbocycles. The summed E-state index contributed by atoms with van der Waals surface area (Å²) < 4.78 is 3.08. The first-order chi connectivity index (χ1) is 10.1. The Morgan fingerprint density at radius 2 is 2.14 bits per heavy atom. The molecule has 110 valence electrons. The van der Waals surface area contributed by atoms with E-state index in [-0.39, 0.29) is 6.04 Å². The fraction of sp³-hybridized carbons (Fsp3) is 0.417. The summed E-state index contributed by atoms with van der Waals surface area (Å²) in [5.41, 5.74) is -0.245. The molecule has 0 fully saturated rings. The second-order valence-corrected chi connectivity index (χ2v) is 4.78. The Balaban J connectivity index is 2.20. The number of hydrogen-bond acceptors (Lipinski definition) is 5. The Morgan fingerprint density at radius 3 is 2.81 bits per heavy atom. The number of nitrogens with zero attached hydrogens (tertiary/aromatic N) is 5. The summed E-state index contributed by atoms with van der Waals surface area (Å²) in [6.45, 7) is 4.33. The number of rotatable bonds is 4. The van der Waals surface area contributed by atoms with Gasteiger partial charge in [0.05, 0.1) is 0 Å². The van der Waals surface area contributed by atoms with E-state index in [9.17, 15) is 9.59 Å². The Morgan fingerprint density at radius 1 is 1.33 bits per heavy atom. The molecule has 9 nitrogen and oxygen atoms in total. The zero-order chi connectivity index (χ0) is 15.0. The molecule has 1 unspecified atom stereocenters. The van der Waals surface area contributed by atoms with E-state index in [1.165, 1.54) is 10.9 Å². The molecule has 0 aliphatic carbocycles. The first-order valence-electron chi connectivity index (χ1n) is 6.68. The van der Waals surface area contributed by atoms with Gasteiger partial charge in [-0.05, 0) is 13.3 Å². The summed E-state index contributed by atoms with van der Waals surface area (Å²) in [4.78, 5) is 37.4. The lowest BCUT2D eigenvalue weighted by atomic mass is 10.3. The SMILES string of the molecule is CCCn1c(=O)[nH]c(=O)c2[nH]c(C(C)n3cncn3)nc21. The van der Waals surface area contributed by atoms with Crippen molar-refractivity contribution in [3.8, 4) is 0 Å². The second kappa shape index (κ2) is 5.00. The van der Waals surface area contributed by atoms with Crippen molar-refractivity contribution in [2.24, 2.45) is 0 Å². The van der Waals surface area contributed by atoms with Crippen LogP contribution in [0.25, 0.3) is 11.2 Å². The van der Waals surface area contributed by atoms with Crippen molar-refractivity contribution >= 4 is 11.2 Å². The molecule has 1 atom stereocenters. The molecular weight excluding hydrogens is 274 g/mol. The average Bonchev–Trinajstić information content (AvgIpc) is 3.11. The Labute approximate surface area is 118 Å². The highest BCUT2D eigenvalue weighted by atomic mass is 16.2. The van der Waals surface area contributed by atoms with Crippen LogP contribution in [0, 0.1) is 0 Å². The number of imidazole rings is 1. The third kappa shape index (κ3) is 2.16. The molecular formula is C12H15N7O2. The van der Waals surface area contributed by atoms with Gasteiger partial charge in [0.2, 0.25) is 0 Å². The van der Waals surface area contributed by atoms with Crippen LogP contribution in [0.3, 0.4) is 0 Å². The summed E-state index contributed by atoms with van der Waals surface area (Å²) in [7, 11) is 0. The molecule has 0 saturated heterocycles. The number of fused-ring (bicyclic) bond motifs is 1. The van der Waals surface area contributed by atoms with Crippen molar-refractivity contribution < 1.29 is 0 Å². The lowest BCUT2D eigenvalue weighted by molar-refractivity contribution is 0.540. The van der Waals surface area contributed by atoms with E-state index in [0.717, 1.165) is 6.42 Å². The summed E-state index contributed by atoms with van der Waals surface area (Å²) in [5, 5.41) is 4.05. The second-order valence-electron chi connectivity index (χ2n) is 4.78. The van der Waals surface area contributed by atoms with Crippen molar-refractivity contribution in [2.45, 2.75) is 32.9 Å². The predicted molar refractivity (Wildman–Crippen MR) is 75.1 cm³/mol. The smallest absolute Gasteiger partial charge is 0.330 e. The van der Waals surface area contributed by atoms with Crippen molar-refractivity contribution in [1.82, 2.24) is 34.3 Å². The zero-order valence-electron chi connectivity index (χ0n) is 11.7. The third-order valence-electron chi connectivity index (χ3n) is 3.33. The normalized spacial score (nSPS) is 12.9. The van der Waals surface area contributed by atoms with Crippen LogP contribution < -0.4 is 11.2 Å². The van der Waals surface area contributed by atoms with Crippen molar-refractivity contribution in [3.05, 3.63) is 39.3 Å². The third-order valence-corrected chi connectivity index (χ3v) is 3.33.